The molecule has 0 aliphatic carbocycles. The monoisotopic (exact) mass is 383 g/mol. The van der Waals surface area contributed by atoms with Gasteiger partial charge in [0.25, 0.3) is 0 Å². The van der Waals surface area contributed by atoms with E-state index in [-0.39, 0.29) is 6.61 Å². The number of pyridine rings is 1. The second-order valence-electron chi connectivity index (χ2n) is 7.18. The van der Waals surface area contributed by atoms with Gasteiger partial charge in [0.1, 0.15) is 5.65 Å². The number of aromatic nitrogens is 2. The average molecular weight is 383 g/mol. The molecule has 0 fully saturated rings. The zero-order valence-electron chi connectivity index (χ0n) is 16.5. The van der Waals surface area contributed by atoms with E-state index >= 15 is 0 Å². The summed E-state index contributed by atoms with van der Waals surface area (Å²) in [5.41, 5.74) is 7.65. The van der Waals surface area contributed by atoms with Crippen molar-refractivity contribution in [3.05, 3.63) is 89.7 Å². The molecule has 146 valence electrons. The summed E-state index contributed by atoms with van der Waals surface area (Å²) in [6.07, 6.45) is 9.15. The summed E-state index contributed by atoms with van der Waals surface area (Å²) in [4.78, 5) is 4.71. The fourth-order valence-electron chi connectivity index (χ4n) is 3.22. The molecule has 2 N–H and O–H groups in total. The summed E-state index contributed by atoms with van der Waals surface area (Å²) in [5, 5.41) is 12.1. The first-order valence-corrected chi connectivity index (χ1v) is 9.90. The van der Waals surface area contributed by atoms with E-state index in [4.69, 9.17) is 10.1 Å². The molecular formula is C25H25N3O. The van der Waals surface area contributed by atoms with Crippen LogP contribution < -0.4 is 5.32 Å². The third-order valence-corrected chi connectivity index (χ3v) is 4.85. The van der Waals surface area contributed by atoms with Gasteiger partial charge in [0, 0.05) is 36.8 Å². The third-order valence-electron chi connectivity index (χ3n) is 4.85. The van der Waals surface area contributed by atoms with E-state index in [1.54, 1.807) is 0 Å². The van der Waals surface area contributed by atoms with Crippen molar-refractivity contribution < 1.29 is 5.11 Å². The lowest BCUT2D eigenvalue weighted by atomic mass is 10.1. The Morgan fingerprint density at radius 3 is 2.28 bits per heavy atom. The van der Waals surface area contributed by atoms with E-state index in [1.807, 2.05) is 6.07 Å². The molecular weight excluding hydrogens is 358 g/mol. The first kappa shape index (κ1) is 19.0. The summed E-state index contributed by atoms with van der Waals surface area (Å²) in [6.45, 7) is 3.08. The molecule has 0 aliphatic heterocycles. The Hall–Kier alpha value is -3.37. The van der Waals surface area contributed by atoms with E-state index in [0.29, 0.717) is 0 Å². The van der Waals surface area contributed by atoms with Crippen LogP contribution in [0.15, 0.2) is 73.1 Å². The number of aliphatic hydroxyl groups excluding tert-OH is 1. The molecule has 0 saturated heterocycles. The molecule has 0 bridgehead atoms. The van der Waals surface area contributed by atoms with E-state index in [1.165, 1.54) is 5.56 Å². The van der Waals surface area contributed by atoms with Crippen LogP contribution >= 0.6 is 0 Å². The lowest BCUT2D eigenvalue weighted by molar-refractivity contribution is 0.292. The van der Waals surface area contributed by atoms with E-state index < -0.39 is 0 Å². The van der Waals surface area contributed by atoms with Crippen molar-refractivity contribution >= 4 is 23.5 Å². The largest absolute Gasteiger partial charge is 0.396 e. The Balaban J connectivity index is 1.43. The van der Waals surface area contributed by atoms with Crippen molar-refractivity contribution in [2.45, 2.75) is 13.3 Å². The molecule has 2 aromatic carbocycles. The van der Waals surface area contributed by atoms with Crippen LogP contribution in [-0.2, 0) is 0 Å². The van der Waals surface area contributed by atoms with Gasteiger partial charge in [-0.3, -0.25) is 0 Å². The maximum atomic E-state index is 8.84. The van der Waals surface area contributed by atoms with Crippen LogP contribution in [0.3, 0.4) is 0 Å². The molecule has 2 heterocycles. The normalized spacial score (nSPS) is 11.4. The summed E-state index contributed by atoms with van der Waals surface area (Å²) in [6, 6.07) is 20.9. The van der Waals surface area contributed by atoms with Crippen LogP contribution in [0, 0.1) is 6.92 Å². The zero-order valence-corrected chi connectivity index (χ0v) is 16.5. The quantitative estimate of drug-likeness (QED) is 0.337. The van der Waals surface area contributed by atoms with Crippen LogP contribution in [-0.4, -0.2) is 27.6 Å². The topological polar surface area (TPSA) is 49.6 Å². The van der Waals surface area contributed by atoms with Crippen molar-refractivity contribution in [3.8, 4) is 11.3 Å². The molecule has 4 heteroatoms. The summed E-state index contributed by atoms with van der Waals surface area (Å²) in [5.74, 6) is 0. The Kier molecular flexibility index (Phi) is 5.73. The van der Waals surface area contributed by atoms with Gasteiger partial charge in [-0.2, -0.15) is 0 Å². The van der Waals surface area contributed by atoms with Gasteiger partial charge in [0.05, 0.1) is 5.69 Å². The molecule has 0 aliphatic rings. The Morgan fingerprint density at radius 1 is 0.897 bits per heavy atom. The first-order chi connectivity index (χ1) is 14.2. The minimum Gasteiger partial charge on any atom is -0.396 e. The number of aryl methyl sites for hydroxylation is 1. The minimum atomic E-state index is 0.212. The number of rotatable bonds is 7. The Labute approximate surface area is 171 Å². The Bertz CT molecular complexity index is 1110. The minimum absolute atomic E-state index is 0.212. The molecule has 0 saturated carbocycles. The van der Waals surface area contributed by atoms with Crippen molar-refractivity contribution in [2.75, 3.05) is 18.5 Å². The highest BCUT2D eigenvalue weighted by Crippen LogP contribution is 2.21. The standard InChI is InChI=1S/C25H25N3O/c1-19-3-14-25-27-24(18-28(25)17-19)22-10-6-20(7-11-22)4-5-21-8-12-23(13-9-21)26-15-2-16-29/h3-14,17-18,26,29H,2,15-16H2,1H3. The lowest BCUT2D eigenvalue weighted by Gasteiger charge is -2.05. The summed E-state index contributed by atoms with van der Waals surface area (Å²) in [7, 11) is 0. The van der Waals surface area contributed by atoms with Crippen LogP contribution in [0.4, 0.5) is 5.69 Å². The molecule has 4 rings (SSSR count). The number of fused-ring (bicyclic) bond motifs is 1. The molecule has 0 amide bonds. The van der Waals surface area contributed by atoms with Crippen molar-refractivity contribution in [3.63, 3.8) is 0 Å². The molecule has 0 radical (unpaired) electrons. The fraction of sp³-hybridized carbons (Fsp3) is 0.160. The molecule has 0 unspecified atom stereocenters. The van der Waals surface area contributed by atoms with Gasteiger partial charge in [0.15, 0.2) is 0 Å². The SMILES string of the molecule is Cc1ccc2nc(-c3ccc(C=Cc4ccc(NCCCO)cc4)cc3)cn2c1. The third kappa shape index (κ3) is 4.73. The molecule has 4 aromatic rings. The lowest BCUT2D eigenvalue weighted by Crippen LogP contribution is -2.02. The number of anilines is 1. The second kappa shape index (κ2) is 8.76. The maximum absolute atomic E-state index is 8.84. The predicted octanol–water partition coefficient (Wildman–Crippen LogP) is 5.27. The van der Waals surface area contributed by atoms with Crippen molar-refractivity contribution in [1.82, 2.24) is 9.38 Å². The summed E-state index contributed by atoms with van der Waals surface area (Å²) < 4.78 is 2.07. The number of hydrogen-bond acceptors (Lipinski definition) is 3. The van der Waals surface area contributed by atoms with E-state index in [9.17, 15) is 0 Å². The van der Waals surface area contributed by atoms with Gasteiger partial charge < -0.3 is 14.8 Å². The van der Waals surface area contributed by atoms with Crippen molar-refractivity contribution in [2.24, 2.45) is 0 Å². The van der Waals surface area contributed by atoms with Gasteiger partial charge in [-0.15, -0.1) is 0 Å². The van der Waals surface area contributed by atoms with Gasteiger partial charge in [0.2, 0.25) is 0 Å². The van der Waals surface area contributed by atoms with Gasteiger partial charge in [-0.25, -0.2) is 4.98 Å². The highest BCUT2D eigenvalue weighted by molar-refractivity contribution is 5.72. The van der Waals surface area contributed by atoms with E-state index in [2.05, 4.69) is 95.8 Å². The summed E-state index contributed by atoms with van der Waals surface area (Å²) >= 11 is 0. The van der Waals surface area contributed by atoms with Crippen LogP contribution in [0.5, 0.6) is 0 Å². The number of benzene rings is 2. The van der Waals surface area contributed by atoms with Gasteiger partial charge >= 0.3 is 0 Å². The highest BCUT2D eigenvalue weighted by Gasteiger charge is 2.04. The van der Waals surface area contributed by atoms with Crippen LogP contribution in [0.1, 0.15) is 23.1 Å². The number of nitrogens with one attached hydrogen (secondary N) is 1. The zero-order chi connectivity index (χ0) is 20.1. The van der Waals surface area contributed by atoms with Crippen molar-refractivity contribution in [1.29, 1.82) is 0 Å². The number of aliphatic hydroxyl groups is 1. The highest BCUT2D eigenvalue weighted by atomic mass is 16.3. The van der Waals surface area contributed by atoms with E-state index in [0.717, 1.165) is 46.7 Å². The molecule has 4 nitrogen and oxygen atoms in total. The smallest absolute Gasteiger partial charge is 0.137 e. The number of nitrogens with zero attached hydrogens (tertiary/aromatic N) is 2. The second-order valence-corrected chi connectivity index (χ2v) is 7.18. The van der Waals surface area contributed by atoms with Gasteiger partial charge in [-0.05, 0) is 48.2 Å². The Morgan fingerprint density at radius 2 is 1.59 bits per heavy atom. The van der Waals surface area contributed by atoms with Crippen LogP contribution in [0.2, 0.25) is 0 Å². The maximum Gasteiger partial charge on any atom is 0.137 e. The molecule has 2 aromatic heterocycles. The molecule has 29 heavy (non-hydrogen) atoms. The fourth-order valence-corrected chi connectivity index (χ4v) is 3.22. The van der Waals surface area contributed by atoms with Crippen LogP contribution in [0.25, 0.3) is 29.1 Å². The average Bonchev–Trinajstić information content (AvgIpc) is 3.17. The molecule has 0 atom stereocenters. The number of hydrogen-bond donors (Lipinski definition) is 2. The first-order valence-electron chi connectivity index (χ1n) is 9.90. The number of imidazole rings is 1. The molecule has 0 spiro atoms. The predicted molar refractivity (Wildman–Crippen MR) is 121 cm³/mol. The van der Waals surface area contributed by atoms with Gasteiger partial charge in [-0.1, -0.05) is 54.6 Å².